The van der Waals surface area contributed by atoms with Crippen molar-refractivity contribution < 1.29 is 4.74 Å². The molecule has 0 bridgehead atoms. The van der Waals surface area contributed by atoms with Crippen molar-refractivity contribution in [3.05, 3.63) is 41.3 Å². The first kappa shape index (κ1) is 15.3. The summed E-state index contributed by atoms with van der Waals surface area (Å²) in [6.45, 7) is 4.77. The number of aromatic nitrogens is 4. The standard InChI is InChI=1S/C17H21N5O/c1-5-13-12(17(23-4)22(3)21-13)9-18-16-15-11(2)7-6-8-14(15)19-10-20-16/h6-8,10H,5,9H2,1-4H3,(H,18,19,20). The molecule has 0 aliphatic heterocycles. The summed E-state index contributed by atoms with van der Waals surface area (Å²) in [7, 11) is 3.57. The van der Waals surface area contributed by atoms with Gasteiger partial charge >= 0.3 is 0 Å². The normalized spacial score (nSPS) is 11.0. The van der Waals surface area contributed by atoms with E-state index >= 15 is 0 Å². The van der Waals surface area contributed by atoms with E-state index < -0.39 is 0 Å². The SMILES string of the molecule is CCc1nn(C)c(OC)c1CNc1ncnc2cccc(C)c12. The number of aryl methyl sites for hydroxylation is 3. The summed E-state index contributed by atoms with van der Waals surface area (Å²) < 4.78 is 7.26. The Morgan fingerprint density at radius 3 is 2.83 bits per heavy atom. The maximum absolute atomic E-state index is 5.49. The molecular formula is C17H21N5O. The molecule has 3 rings (SSSR count). The Hall–Kier alpha value is -2.63. The van der Waals surface area contributed by atoms with Crippen LogP contribution in [0.15, 0.2) is 24.5 Å². The molecule has 0 saturated carbocycles. The van der Waals surface area contributed by atoms with Gasteiger partial charge in [0, 0.05) is 19.0 Å². The van der Waals surface area contributed by atoms with E-state index in [0.717, 1.165) is 45.8 Å². The van der Waals surface area contributed by atoms with Crippen LogP contribution in [0.5, 0.6) is 5.88 Å². The molecule has 0 fully saturated rings. The maximum Gasteiger partial charge on any atom is 0.216 e. The number of hydrogen-bond donors (Lipinski definition) is 1. The molecule has 2 aromatic heterocycles. The number of nitrogens with one attached hydrogen (secondary N) is 1. The lowest BCUT2D eigenvalue weighted by molar-refractivity contribution is 0.370. The topological polar surface area (TPSA) is 64.9 Å². The van der Waals surface area contributed by atoms with Crippen LogP contribution in [0.3, 0.4) is 0 Å². The van der Waals surface area contributed by atoms with E-state index in [4.69, 9.17) is 4.74 Å². The van der Waals surface area contributed by atoms with E-state index in [1.807, 2.05) is 19.2 Å². The number of rotatable bonds is 5. The third-order valence-electron chi connectivity index (χ3n) is 4.00. The lowest BCUT2D eigenvalue weighted by Gasteiger charge is -2.11. The predicted octanol–water partition coefficient (Wildman–Crippen LogP) is 2.85. The van der Waals surface area contributed by atoms with Gasteiger partial charge in [-0.15, -0.1) is 0 Å². The van der Waals surface area contributed by atoms with Crippen molar-refractivity contribution >= 4 is 16.7 Å². The lowest BCUT2D eigenvalue weighted by atomic mass is 10.1. The quantitative estimate of drug-likeness (QED) is 0.785. The van der Waals surface area contributed by atoms with Crippen molar-refractivity contribution in [2.75, 3.05) is 12.4 Å². The number of fused-ring (bicyclic) bond motifs is 1. The van der Waals surface area contributed by atoms with Crippen LogP contribution in [-0.4, -0.2) is 26.9 Å². The fourth-order valence-electron chi connectivity index (χ4n) is 2.91. The zero-order valence-corrected chi connectivity index (χ0v) is 13.9. The van der Waals surface area contributed by atoms with E-state index in [1.165, 1.54) is 0 Å². The molecule has 0 aliphatic carbocycles. The monoisotopic (exact) mass is 311 g/mol. The molecule has 0 spiro atoms. The Bertz CT molecular complexity index is 835. The second-order valence-electron chi connectivity index (χ2n) is 5.46. The van der Waals surface area contributed by atoms with Crippen molar-refractivity contribution in [2.45, 2.75) is 26.8 Å². The summed E-state index contributed by atoms with van der Waals surface area (Å²) in [5.74, 6) is 1.62. The molecule has 1 aromatic carbocycles. The number of methoxy groups -OCH3 is 1. The summed E-state index contributed by atoms with van der Waals surface area (Å²) in [4.78, 5) is 8.75. The van der Waals surface area contributed by atoms with Gasteiger partial charge in [0.25, 0.3) is 0 Å². The average molecular weight is 311 g/mol. The molecule has 0 radical (unpaired) electrons. The first-order valence-electron chi connectivity index (χ1n) is 7.68. The van der Waals surface area contributed by atoms with Crippen LogP contribution < -0.4 is 10.1 Å². The highest BCUT2D eigenvalue weighted by Gasteiger charge is 2.16. The fourth-order valence-corrected chi connectivity index (χ4v) is 2.91. The van der Waals surface area contributed by atoms with Gasteiger partial charge in [0.15, 0.2) is 0 Å². The third kappa shape index (κ3) is 2.72. The van der Waals surface area contributed by atoms with Gasteiger partial charge in [-0.3, -0.25) is 0 Å². The van der Waals surface area contributed by atoms with Crippen molar-refractivity contribution in [2.24, 2.45) is 7.05 Å². The molecule has 6 nitrogen and oxygen atoms in total. The van der Waals surface area contributed by atoms with Crippen LogP contribution in [0.1, 0.15) is 23.7 Å². The largest absolute Gasteiger partial charge is 0.481 e. The zero-order chi connectivity index (χ0) is 16.4. The van der Waals surface area contributed by atoms with Gasteiger partial charge in [0.2, 0.25) is 5.88 Å². The highest BCUT2D eigenvalue weighted by molar-refractivity contribution is 5.91. The molecule has 0 atom stereocenters. The number of benzene rings is 1. The Kier molecular flexibility index (Phi) is 4.14. The van der Waals surface area contributed by atoms with E-state index in [0.29, 0.717) is 6.54 Å². The number of hydrogen-bond acceptors (Lipinski definition) is 5. The Morgan fingerprint density at radius 1 is 1.26 bits per heavy atom. The highest BCUT2D eigenvalue weighted by Crippen LogP contribution is 2.26. The molecule has 0 aliphatic rings. The van der Waals surface area contributed by atoms with Crippen LogP contribution in [0.4, 0.5) is 5.82 Å². The molecule has 0 saturated heterocycles. The first-order chi connectivity index (χ1) is 11.2. The molecular weight excluding hydrogens is 290 g/mol. The molecule has 1 N–H and O–H groups in total. The summed E-state index contributed by atoms with van der Waals surface area (Å²) in [6, 6.07) is 6.07. The Labute approximate surface area is 135 Å². The van der Waals surface area contributed by atoms with Crippen molar-refractivity contribution in [3.8, 4) is 5.88 Å². The van der Waals surface area contributed by atoms with E-state index in [1.54, 1.807) is 18.1 Å². The molecule has 23 heavy (non-hydrogen) atoms. The van der Waals surface area contributed by atoms with Gasteiger partial charge in [-0.2, -0.15) is 5.10 Å². The smallest absolute Gasteiger partial charge is 0.216 e. The predicted molar refractivity (Wildman–Crippen MR) is 90.7 cm³/mol. The average Bonchev–Trinajstić information content (AvgIpc) is 2.87. The van der Waals surface area contributed by atoms with Gasteiger partial charge in [-0.05, 0) is 25.0 Å². The second-order valence-corrected chi connectivity index (χ2v) is 5.46. The zero-order valence-electron chi connectivity index (χ0n) is 13.9. The first-order valence-corrected chi connectivity index (χ1v) is 7.68. The summed E-state index contributed by atoms with van der Waals surface area (Å²) in [6.07, 6.45) is 2.45. The molecule has 2 heterocycles. The molecule has 120 valence electrons. The molecule has 6 heteroatoms. The van der Waals surface area contributed by atoms with Gasteiger partial charge in [0.05, 0.1) is 23.9 Å². The van der Waals surface area contributed by atoms with Gasteiger partial charge in [-0.1, -0.05) is 19.1 Å². The minimum Gasteiger partial charge on any atom is -0.481 e. The van der Waals surface area contributed by atoms with Gasteiger partial charge in [0.1, 0.15) is 12.1 Å². The minimum absolute atomic E-state index is 0.612. The number of nitrogens with zero attached hydrogens (tertiary/aromatic N) is 4. The molecule has 3 aromatic rings. The summed E-state index contributed by atoms with van der Waals surface area (Å²) in [5, 5.41) is 8.99. The van der Waals surface area contributed by atoms with Crippen molar-refractivity contribution in [1.29, 1.82) is 0 Å². The number of anilines is 1. The van der Waals surface area contributed by atoms with E-state index in [2.05, 4.69) is 40.3 Å². The summed E-state index contributed by atoms with van der Waals surface area (Å²) in [5.41, 5.74) is 4.20. The van der Waals surface area contributed by atoms with E-state index in [9.17, 15) is 0 Å². The minimum atomic E-state index is 0.612. The van der Waals surface area contributed by atoms with E-state index in [-0.39, 0.29) is 0 Å². The van der Waals surface area contributed by atoms with Crippen molar-refractivity contribution in [3.63, 3.8) is 0 Å². The van der Waals surface area contributed by atoms with Crippen LogP contribution in [0, 0.1) is 6.92 Å². The number of ether oxygens (including phenoxy) is 1. The second kappa shape index (κ2) is 6.24. The molecule has 0 amide bonds. The summed E-state index contributed by atoms with van der Waals surface area (Å²) >= 11 is 0. The Morgan fingerprint density at radius 2 is 2.09 bits per heavy atom. The van der Waals surface area contributed by atoms with Crippen molar-refractivity contribution in [1.82, 2.24) is 19.7 Å². The molecule has 0 unspecified atom stereocenters. The third-order valence-corrected chi connectivity index (χ3v) is 4.00. The fraction of sp³-hybridized carbons (Fsp3) is 0.353. The maximum atomic E-state index is 5.49. The van der Waals surface area contributed by atoms with Crippen LogP contribution in [-0.2, 0) is 20.0 Å². The van der Waals surface area contributed by atoms with Gasteiger partial charge in [-0.25, -0.2) is 14.6 Å². The highest BCUT2D eigenvalue weighted by atomic mass is 16.5. The van der Waals surface area contributed by atoms with Crippen LogP contribution in [0.25, 0.3) is 10.9 Å². The Balaban J connectivity index is 1.96. The van der Waals surface area contributed by atoms with Gasteiger partial charge < -0.3 is 10.1 Å². The lowest BCUT2D eigenvalue weighted by Crippen LogP contribution is -2.06. The van der Waals surface area contributed by atoms with Crippen LogP contribution >= 0.6 is 0 Å². The van der Waals surface area contributed by atoms with Crippen LogP contribution in [0.2, 0.25) is 0 Å².